The molecule has 0 unspecified atom stereocenters. The number of thiophene rings is 1. The fourth-order valence-electron chi connectivity index (χ4n) is 2.06. The van der Waals surface area contributed by atoms with E-state index in [1.807, 2.05) is 6.07 Å². The second kappa shape index (κ2) is 7.69. The first-order chi connectivity index (χ1) is 9.69. The molecule has 0 amide bonds. The molecule has 0 aliphatic rings. The fraction of sp³-hybridized carbons (Fsp3) is 0.467. The largest absolute Gasteiger partial charge is 0.383 e. The van der Waals surface area contributed by atoms with Crippen LogP contribution in [0.25, 0.3) is 10.1 Å². The second-order valence-corrected chi connectivity index (χ2v) is 6.04. The number of hydrogen-bond donors (Lipinski definition) is 1. The van der Waals surface area contributed by atoms with E-state index in [1.54, 1.807) is 24.5 Å². The van der Waals surface area contributed by atoms with Crippen molar-refractivity contribution >= 4 is 21.4 Å². The first-order valence-corrected chi connectivity index (χ1v) is 7.57. The molecule has 20 heavy (non-hydrogen) atoms. The summed E-state index contributed by atoms with van der Waals surface area (Å²) in [6.07, 6.45) is 0. The van der Waals surface area contributed by atoms with E-state index in [0.29, 0.717) is 0 Å². The molecule has 2 aromatic rings. The molecule has 1 heterocycles. The van der Waals surface area contributed by atoms with E-state index in [4.69, 9.17) is 4.74 Å². The van der Waals surface area contributed by atoms with Gasteiger partial charge in [0.05, 0.1) is 6.61 Å². The first kappa shape index (κ1) is 15.4. The van der Waals surface area contributed by atoms with Gasteiger partial charge in [0, 0.05) is 42.9 Å². The van der Waals surface area contributed by atoms with Crippen LogP contribution in [0.4, 0.5) is 4.39 Å². The zero-order valence-corrected chi connectivity index (χ0v) is 12.8. The van der Waals surface area contributed by atoms with E-state index in [1.165, 1.54) is 10.9 Å². The van der Waals surface area contributed by atoms with Crippen molar-refractivity contribution in [2.45, 2.75) is 6.54 Å². The molecule has 0 spiro atoms. The number of benzene rings is 1. The lowest BCUT2D eigenvalue weighted by atomic mass is 10.2. The normalized spacial score (nSPS) is 11.6. The molecule has 1 aromatic heterocycles. The van der Waals surface area contributed by atoms with E-state index >= 15 is 0 Å². The summed E-state index contributed by atoms with van der Waals surface area (Å²) in [5.74, 6) is -0.169. The maximum absolute atomic E-state index is 13.2. The van der Waals surface area contributed by atoms with Crippen molar-refractivity contribution in [1.29, 1.82) is 0 Å². The molecule has 0 saturated heterocycles. The molecule has 1 N–H and O–H groups in total. The maximum atomic E-state index is 13.2. The molecule has 2 rings (SSSR count). The van der Waals surface area contributed by atoms with Crippen LogP contribution >= 0.6 is 11.3 Å². The fourth-order valence-corrected chi connectivity index (χ4v) is 3.19. The van der Waals surface area contributed by atoms with Crippen LogP contribution in [0.1, 0.15) is 4.88 Å². The van der Waals surface area contributed by atoms with Crippen LogP contribution in [-0.4, -0.2) is 45.3 Å². The van der Waals surface area contributed by atoms with E-state index < -0.39 is 0 Å². The topological polar surface area (TPSA) is 24.5 Å². The molecule has 0 atom stereocenters. The molecule has 0 radical (unpaired) electrons. The highest BCUT2D eigenvalue weighted by molar-refractivity contribution is 7.19. The summed E-state index contributed by atoms with van der Waals surface area (Å²) < 4.78 is 19.3. The predicted octanol–water partition coefficient (Wildman–Crippen LogP) is 2.71. The Bertz CT molecular complexity index is 544. The molecular formula is C15H21FN2OS. The average Bonchev–Trinajstić information content (AvgIpc) is 2.79. The van der Waals surface area contributed by atoms with Crippen LogP contribution in [0.5, 0.6) is 0 Å². The Balaban J connectivity index is 1.81. The Morgan fingerprint density at radius 1 is 1.30 bits per heavy atom. The van der Waals surface area contributed by atoms with Crippen molar-refractivity contribution in [2.24, 2.45) is 0 Å². The lowest BCUT2D eigenvalue weighted by molar-refractivity contribution is 0.197. The number of likely N-dealkylation sites (N-methyl/N-ethyl adjacent to an activating group) is 1. The predicted molar refractivity (Wildman–Crippen MR) is 82.9 cm³/mol. The van der Waals surface area contributed by atoms with Crippen LogP contribution in [0.15, 0.2) is 24.3 Å². The molecule has 0 fully saturated rings. The van der Waals surface area contributed by atoms with Gasteiger partial charge in [-0.1, -0.05) is 0 Å². The van der Waals surface area contributed by atoms with Crippen molar-refractivity contribution in [3.8, 4) is 0 Å². The quantitative estimate of drug-likeness (QED) is 0.758. The Hall–Kier alpha value is -1.01. The number of hydrogen-bond acceptors (Lipinski definition) is 4. The molecule has 0 aliphatic carbocycles. The van der Waals surface area contributed by atoms with Crippen molar-refractivity contribution in [2.75, 3.05) is 40.4 Å². The standard InChI is InChI=1S/C15H21FN2OS/c1-18(7-5-17-6-8-19-2)11-14-10-12-9-13(16)3-4-15(12)20-14/h3-4,9-10,17H,5-8,11H2,1-2H3. The zero-order chi connectivity index (χ0) is 14.4. The summed E-state index contributed by atoms with van der Waals surface area (Å²) in [6.45, 7) is 4.44. The third-order valence-corrected chi connectivity index (χ3v) is 4.21. The van der Waals surface area contributed by atoms with Gasteiger partial charge in [-0.25, -0.2) is 4.39 Å². The highest BCUT2D eigenvalue weighted by Gasteiger charge is 2.05. The van der Waals surface area contributed by atoms with Gasteiger partial charge in [0.25, 0.3) is 0 Å². The number of methoxy groups -OCH3 is 1. The third kappa shape index (κ3) is 4.52. The van der Waals surface area contributed by atoms with Gasteiger partial charge >= 0.3 is 0 Å². The van der Waals surface area contributed by atoms with Gasteiger partial charge in [0.2, 0.25) is 0 Å². The number of halogens is 1. The van der Waals surface area contributed by atoms with Gasteiger partial charge in [-0.2, -0.15) is 0 Å². The summed E-state index contributed by atoms with van der Waals surface area (Å²) in [7, 11) is 3.81. The molecule has 3 nitrogen and oxygen atoms in total. The summed E-state index contributed by atoms with van der Waals surface area (Å²) in [5, 5.41) is 4.32. The Kier molecular flexibility index (Phi) is 5.91. The number of nitrogens with one attached hydrogen (secondary N) is 1. The lowest BCUT2D eigenvalue weighted by Crippen LogP contribution is -2.30. The minimum absolute atomic E-state index is 0.169. The third-order valence-electron chi connectivity index (χ3n) is 3.11. The van der Waals surface area contributed by atoms with Crippen LogP contribution in [-0.2, 0) is 11.3 Å². The smallest absolute Gasteiger partial charge is 0.123 e. The average molecular weight is 296 g/mol. The summed E-state index contributed by atoms with van der Waals surface area (Å²) in [4.78, 5) is 3.53. The van der Waals surface area contributed by atoms with E-state index in [-0.39, 0.29) is 5.82 Å². The first-order valence-electron chi connectivity index (χ1n) is 6.75. The zero-order valence-electron chi connectivity index (χ0n) is 12.0. The molecule has 0 aliphatic heterocycles. The van der Waals surface area contributed by atoms with E-state index in [2.05, 4.69) is 23.3 Å². The monoisotopic (exact) mass is 296 g/mol. The summed E-state index contributed by atoms with van der Waals surface area (Å²) >= 11 is 1.73. The molecule has 0 bridgehead atoms. The van der Waals surface area contributed by atoms with Crippen LogP contribution in [0.3, 0.4) is 0 Å². The molecule has 5 heteroatoms. The lowest BCUT2D eigenvalue weighted by Gasteiger charge is -2.15. The van der Waals surface area contributed by atoms with Crippen LogP contribution in [0, 0.1) is 5.82 Å². The highest BCUT2D eigenvalue weighted by Crippen LogP contribution is 2.26. The maximum Gasteiger partial charge on any atom is 0.123 e. The highest BCUT2D eigenvalue weighted by atomic mass is 32.1. The van der Waals surface area contributed by atoms with Crippen LogP contribution < -0.4 is 5.32 Å². The Morgan fingerprint density at radius 3 is 2.95 bits per heavy atom. The molecule has 1 aromatic carbocycles. The number of fused-ring (bicyclic) bond motifs is 1. The van der Waals surface area contributed by atoms with Gasteiger partial charge in [-0.15, -0.1) is 11.3 Å². The number of rotatable bonds is 8. The number of ether oxygens (including phenoxy) is 1. The van der Waals surface area contributed by atoms with Gasteiger partial charge < -0.3 is 15.0 Å². The minimum Gasteiger partial charge on any atom is -0.383 e. The Morgan fingerprint density at radius 2 is 2.15 bits per heavy atom. The van der Waals surface area contributed by atoms with Gasteiger partial charge in [0.15, 0.2) is 0 Å². The molecular weight excluding hydrogens is 275 g/mol. The molecule has 0 saturated carbocycles. The summed E-state index contributed by atoms with van der Waals surface area (Å²) in [6, 6.07) is 7.05. The van der Waals surface area contributed by atoms with Gasteiger partial charge in [-0.3, -0.25) is 0 Å². The Labute approximate surface area is 123 Å². The van der Waals surface area contributed by atoms with Crippen molar-refractivity contribution in [1.82, 2.24) is 10.2 Å². The van der Waals surface area contributed by atoms with Crippen molar-refractivity contribution in [3.05, 3.63) is 35.0 Å². The summed E-state index contributed by atoms with van der Waals surface area (Å²) in [5.41, 5.74) is 0. The minimum atomic E-state index is -0.169. The van der Waals surface area contributed by atoms with Gasteiger partial charge in [0.1, 0.15) is 5.82 Å². The number of nitrogens with zero attached hydrogens (tertiary/aromatic N) is 1. The molecule has 110 valence electrons. The van der Waals surface area contributed by atoms with E-state index in [9.17, 15) is 4.39 Å². The SMILES string of the molecule is COCCNCCN(C)Cc1cc2cc(F)ccc2s1. The van der Waals surface area contributed by atoms with Crippen LogP contribution in [0.2, 0.25) is 0 Å². The second-order valence-electron chi connectivity index (χ2n) is 4.88. The van der Waals surface area contributed by atoms with Crippen molar-refractivity contribution in [3.63, 3.8) is 0 Å². The van der Waals surface area contributed by atoms with E-state index in [0.717, 1.165) is 42.9 Å². The van der Waals surface area contributed by atoms with Gasteiger partial charge in [-0.05, 0) is 36.7 Å². The van der Waals surface area contributed by atoms with Crippen molar-refractivity contribution < 1.29 is 9.13 Å².